The fourth-order valence-corrected chi connectivity index (χ4v) is 4.18. The molecule has 1 aromatic rings. The zero-order chi connectivity index (χ0) is 17.7. The van der Waals surface area contributed by atoms with Crippen molar-refractivity contribution in [3.8, 4) is 0 Å². The molecule has 2 unspecified atom stereocenters. The molecule has 2 fully saturated rings. The highest BCUT2D eigenvalue weighted by molar-refractivity contribution is 6.62. The van der Waals surface area contributed by atoms with Gasteiger partial charge in [-0.25, -0.2) is 0 Å². The summed E-state index contributed by atoms with van der Waals surface area (Å²) in [6, 6.07) is 10.1. The summed E-state index contributed by atoms with van der Waals surface area (Å²) in [4.78, 5) is 0. The molecule has 2 atom stereocenters. The van der Waals surface area contributed by atoms with E-state index in [1.54, 1.807) is 5.57 Å². The van der Waals surface area contributed by atoms with Crippen molar-refractivity contribution in [1.82, 2.24) is 5.32 Å². The maximum Gasteiger partial charge on any atom is 0.494 e. The van der Waals surface area contributed by atoms with Crippen LogP contribution in [0.4, 0.5) is 0 Å². The predicted molar refractivity (Wildman–Crippen MR) is 103 cm³/mol. The molecule has 3 heterocycles. The van der Waals surface area contributed by atoms with Crippen LogP contribution in [0.15, 0.2) is 35.9 Å². The Kier molecular flexibility index (Phi) is 4.34. The van der Waals surface area contributed by atoms with Crippen LogP contribution < -0.4 is 10.8 Å². The lowest BCUT2D eigenvalue weighted by Crippen LogP contribution is -2.44. The third-order valence-corrected chi connectivity index (χ3v) is 6.40. The quantitative estimate of drug-likeness (QED) is 0.677. The van der Waals surface area contributed by atoms with Crippen molar-refractivity contribution in [3.05, 3.63) is 41.5 Å². The van der Waals surface area contributed by atoms with E-state index in [-0.39, 0.29) is 18.3 Å². The minimum absolute atomic E-state index is 0.267. The minimum atomic E-state index is -0.284. The highest BCUT2D eigenvalue weighted by Crippen LogP contribution is 2.36. The molecule has 134 valence electrons. The molecule has 1 aromatic carbocycles. The molecule has 3 aliphatic rings. The molecule has 0 spiro atoms. The van der Waals surface area contributed by atoms with Crippen molar-refractivity contribution in [2.24, 2.45) is 0 Å². The van der Waals surface area contributed by atoms with Gasteiger partial charge in [-0.15, -0.1) is 0 Å². The van der Waals surface area contributed by atoms with Crippen molar-refractivity contribution in [2.45, 2.75) is 83.1 Å². The SMILES string of the molecule is CC1(C)OB(c2ccc(CC3=CC4CCCC(C3)N4)cc2)OC1(C)C. The summed E-state index contributed by atoms with van der Waals surface area (Å²) in [5, 5.41) is 3.72. The second-order valence-corrected chi connectivity index (χ2v) is 8.94. The van der Waals surface area contributed by atoms with Crippen molar-refractivity contribution in [3.63, 3.8) is 0 Å². The van der Waals surface area contributed by atoms with Crippen molar-refractivity contribution >= 4 is 12.6 Å². The van der Waals surface area contributed by atoms with Crippen molar-refractivity contribution < 1.29 is 9.31 Å². The van der Waals surface area contributed by atoms with E-state index in [0.29, 0.717) is 12.1 Å². The summed E-state index contributed by atoms with van der Waals surface area (Å²) in [7, 11) is -0.267. The molecule has 0 amide bonds. The van der Waals surface area contributed by atoms with Gasteiger partial charge in [-0.1, -0.05) is 42.3 Å². The van der Waals surface area contributed by atoms with Gasteiger partial charge < -0.3 is 14.6 Å². The maximum atomic E-state index is 6.15. The van der Waals surface area contributed by atoms with Gasteiger partial charge in [0.15, 0.2) is 0 Å². The van der Waals surface area contributed by atoms with Gasteiger partial charge in [0.2, 0.25) is 0 Å². The Bertz CT molecular complexity index is 649. The maximum absolute atomic E-state index is 6.15. The number of hydrogen-bond acceptors (Lipinski definition) is 3. The monoisotopic (exact) mass is 339 g/mol. The number of benzene rings is 1. The van der Waals surface area contributed by atoms with Crippen LogP contribution in [-0.2, 0) is 15.7 Å². The average Bonchev–Trinajstić information content (AvgIpc) is 2.76. The molecule has 3 nitrogen and oxygen atoms in total. The van der Waals surface area contributed by atoms with Crippen molar-refractivity contribution in [1.29, 1.82) is 0 Å². The standard InChI is InChI=1S/C21H30BNO2/c1-20(2)21(3,4)25-22(24-20)17-10-8-15(9-11-17)12-16-13-18-6-5-7-19(14-16)23-18/h8-11,13,18-19,23H,5-7,12,14H2,1-4H3. The topological polar surface area (TPSA) is 30.5 Å². The Balaban J connectivity index is 1.44. The van der Waals surface area contributed by atoms with Gasteiger partial charge in [-0.05, 0) is 64.4 Å². The summed E-state index contributed by atoms with van der Waals surface area (Å²) >= 11 is 0. The highest BCUT2D eigenvalue weighted by atomic mass is 16.7. The number of rotatable bonds is 3. The lowest BCUT2D eigenvalue weighted by molar-refractivity contribution is 0.00578. The zero-order valence-electron chi connectivity index (χ0n) is 16.0. The number of fused-ring (bicyclic) bond motifs is 2. The third kappa shape index (κ3) is 3.44. The first-order valence-corrected chi connectivity index (χ1v) is 9.72. The summed E-state index contributed by atoms with van der Waals surface area (Å²) < 4.78 is 12.3. The van der Waals surface area contributed by atoms with Gasteiger partial charge in [-0.2, -0.15) is 0 Å². The first kappa shape index (κ1) is 17.3. The normalized spacial score (nSPS) is 30.2. The third-order valence-electron chi connectivity index (χ3n) is 6.40. The highest BCUT2D eigenvalue weighted by Gasteiger charge is 2.51. The molecule has 3 aliphatic heterocycles. The Morgan fingerprint density at radius 3 is 2.36 bits per heavy atom. The lowest BCUT2D eigenvalue weighted by atomic mass is 9.78. The Morgan fingerprint density at radius 1 is 1.04 bits per heavy atom. The van der Waals surface area contributed by atoms with E-state index in [9.17, 15) is 0 Å². The molecule has 25 heavy (non-hydrogen) atoms. The van der Waals surface area contributed by atoms with Gasteiger partial charge >= 0.3 is 7.12 Å². The first-order valence-electron chi connectivity index (χ1n) is 9.72. The molecular weight excluding hydrogens is 309 g/mol. The molecule has 4 heteroatoms. The number of nitrogens with one attached hydrogen (secondary N) is 1. The number of hydrogen-bond donors (Lipinski definition) is 1. The van der Waals surface area contributed by atoms with Crippen LogP contribution in [0, 0.1) is 0 Å². The molecular formula is C21H30BNO2. The zero-order valence-corrected chi connectivity index (χ0v) is 16.0. The van der Waals surface area contributed by atoms with Crippen LogP contribution in [-0.4, -0.2) is 30.4 Å². The summed E-state index contributed by atoms with van der Waals surface area (Å²) in [6.07, 6.45) is 8.73. The first-order chi connectivity index (χ1) is 11.8. The van der Waals surface area contributed by atoms with Crippen molar-refractivity contribution in [2.75, 3.05) is 0 Å². The summed E-state index contributed by atoms with van der Waals surface area (Å²) in [5.41, 5.74) is 3.52. The van der Waals surface area contributed by atoms with E-state index < -0.39 is 0 Å². The van der Waals surface area contributed by atoms with E-state index in [0.717, 1.165) is 11.9 Å². The van der Waals surface area contributed by atoms with Crippen LogP contribution in [0.25, 0.3) is 0 Å². The van der Waals surface area contributed by atoms with Crippen LogP contribution in [0.2, 0.25) is 0 Å². The molecule has 2 bridgehead atoms. The Labute approximate surface area is 152 Å². The van der Waals surface area contributed by atoms with E-state index in [4.69, 9.17) is 9.31 Å². The van der Waals surface area contributed by atoms with Crippen LogP contribution in [0.3, 0.4) is 0 Å². The fourth-order valence-electron chi connectivity index (χ4n) is 4.18. The van der Waals surface area contributed by atoms with E-state index >= 15 is 0 Å². The molecule has 0 aliphatic carbocycles. The van der Waals surface area contributed by atoms with Gasteiger partial charge in [-0.3, -0.25) is 0 Å². The molecule has 0 aromatic heterocycles. The van der Waals surface area contributed by atoms with Crippen LogP contribution in [0.5, 0.6) is 0 Å². The summed E-state index contributed by atoms with van der Waals surface area (Å²) in [6.45, 7) is 8.40. The van der Waals surface area contributed by atoms with Gasteiger partial charge in [0.05, 0.1) is 11.2 Å². The molecule has 1 N–H and O–H groups in total. The van der Waals surface area contributed by atoms with E-state index in [2.05, 4.69) is 63.4 Å². The van der Waals surface area contributed by atoms with E-state index in [1.807, 2.05) is 0 Å². The minimum Gasteiger partial charge on any atom is -0.399 e. The van der Waals surface area contributed by atoms with Crippen LogP contribution >= 0.6 is 0 Å². The summed E-state index contributed by atoms with van der Waals surface area (Å²) in [5.74, 6) is 0. The molecule has 2 saturated heterocycles. The molecule has 4 rings (SSSR count). The molecule has 0 radical (unpaired) electrons. The predicted octanol–water partition coefficient (Wildman–Crippen LogP) is 3.37. The lowest BCUT2D eigenvalue weighted by Gasteiger charge is -2.35. The van der Waals surface area contributed by atoms with Gasteiger partial charge in [0, 0.05) is 12.1 Å². The molecule has 0 saturated carbocycles. The second kappa shape index (κ2) is 6.26. The van der Waals surface area contributed by atoms with Crippen LogP contribution in [0.1, 0.15) is 58.9 Å². The van der Waals surface area contributed by atoms with E-state index in [1.165, 1.54) is 31.2 Å². The van der Waals surface area contributed by atoms with Gasteiger partial charge in [0.25, 0.3) is 0 Å². The number of piperidine rings is 1. The fraction of sp³-hybridized carbons (Fsp3) is 0.619. The smallest absolute Gasteiger partial charge is 0.399 e. The largest absolute Gasteiger partial charge is 0.494 e. The Hall–Kier alpha value is -1.10. The average molecular weight is 339 g/mol. The Morgan fingerprint density at radius 2 is 1.72 bits per heavy atom. The van der Waals surface area contributed by atoms with Gasteiger partial charge in [0.1, 0.15) is 0 Å². The second-order valence-electron chi connectivity index (χ2n) is 8.94.